The van der Waals surface area contributed by atoms with Crippen LogP contribution in [0.3, 0.4) is 0 Å². The highest BCUT2D eigenvalue weighted by Crippen LogP contribution is 2.23. The predicted octanol–water partition coefficient (Wildman–Crippen LogP) is 3.28. The number of H-pyrrole nitrogens is 1. The highest BCUT2D eigenvalue weighted by atomic mass is 16.3. The van der Waals surface area contributed by atoms with E-state index < -0.39 is 0 Å². The zero-order valence-electron chi connectivity index (χ0n) is 14.6. The molecule has 0 saturated carbocycles. The molecule has 4 nitrogen and oxygen atoms in total. The summed E-state index contributed by atoms with van der Waals surface area (Å²) in [6.45, 7) is 9.82. The molecule has 2 aromatic rings. The lowest BCUT2D eigenvalue weighted by molar-refractivity contribution is -0.131. The van der Waals surface area contributed by atoms with Gasteiger partial charge in [-0.2, -0.15) is 0 Å². The van der Waals surface area contributed by atoms with E-state index in [2.05, 4.69) is 31.8 Å². The summed E-state index contributed by atoms with van der Waals surface area (Å²) in [5, 5.41) is 10.2. The molecule has 0 saturated heterocycles. The van der Waals surface area contributed by atoms with Crippen molar-refractivity contribution < 1.29 is 9.90 Å². The molecular weight excluding hydrogens is 288 g/mol. The molecule has 1 heterocycles. The van der Waals surface area contributed by atoms with Crippen molar-refractivity contribution in [2.75, 3.05) is 19.7 Å². The molecule has 4 heteroatoms. The van der Waals surface area contributed by atoms with Gasteiger partial charge in [0, 0.05) is 36.3 Å². The second-order valence-corrected chi connectivity index (χ2v) is 7.40. The number of aliphatic hydroxyl groups is 1. The summed E-state index contributed by atoms with van der Waals surface area (Å²) in [5.41, 5.74) is 3.25. The van der Waals surface area contributed by atoms with Crippen LogP contribution in [0.1, 0.15) is 38.4 Å². The average molecular weight is 316 g/mol. The standard InChI is InChI=1S/C19H28N2O2/c1-14-16(15-8-5-6-9-17(15)20-14)12-18(23)21(10-7-11-22)13-19(2,3)4/h5-6,8-9,20,22H,7,10-13H2,1-4H3. The van der Waals surface area contributed by atoms with Crippen LogP contribution in [0, 0.1) is 12.3 Å². The first-order valence-corrected chi connectivity index (χ1v) is 8.26. The van der Waals surface area contributed by atoms with Crippen LogP contribution in [-0.2, 0) is 11.2 Å². The number of hydrogen-bond donors (Lipinski definition) is 2. The highest BCUT2D eigenvalue weighted by molar-refractivity contribution is 5.90. The zero-order valence-corrected chi connectivity index (χ0v) is 14.6. The molecule has 0 fully saturated rings. The number of carbonyl (C=O) groups is 1. The third-order valence-electron chi connectivity index (χ3n) is 3.96. The first-order valence-electron chi connectivity index (χ1n) is 8.26. The lowest BCUT2D eigenvalue weighted by Gasteiger charge is -2.30. The van der Waals surface area contributed by atoms with Crippen molar-refractivity contribution in [3.8, 4) is 0 Å². The van der Waals surface area contributed by atoms with E-state index in [1.165, 1.54) is 0 Å². The van der Waals surface area contributed by atoms with Gasteiger partial charge in [-0.25, -0.2) is 0 Å². The maximum atomic E-state index is 12.8. The van der Waals surface area contributed by atoms with Crippen LogP contribution in [0.25, 0.3) is 10.9 Å². The number of nitrogens with zero attached hydrogens (tertiary/aromatic N) is 1. The summed E-state index contributed by atoms with van der Waals surface area (Å²) in [6, 6.07) is 8.09. The van der Waals surface area contributed by atoms with Crippen molar-refractivity contribution in [2.24, 2.45) is 5.41 Å². The van der Waals surface area contributed by atoms with E-state index in [9.17, 15) is 4.79 Å². The lowest BCUT2D eigenvalue weighted by Crippen LogP contribution is -2.39. The summed E-state index contributed by atoms with van der Waals surface area (Å²) in [7, 11) is 0. The topological polar surface area (TPSA) is 56.3 Å². The molecule has 2 rings (SSSR count). The molecule has 0 atom stereocenters. The second-order valence-electron chi connectivity index (χ2n) is 7.40. The van der Waals surface area contributed by atoms with Crippen LogP contribution >= 0.6 is 0 Å². The zero-order chi connectivity index (χ0) is 17.0. The van der Waals surface area contributed by atoms with E-state index >= 15 is 0 Å². The molecule has 1 aromatic heterocycles. The van der Waals surface area contributed by atoms with Crippen molar-refractivity contribution in [2.45, 2.75) is 40.5 Å². The van der Waals surface area contributed by atoms with Crippen LogP contribution < -0.4 is 0 Å². The molecule has 0 bridgehead atoms. The Bertz CT molecular complexity index is 668. The summed E-state index contributed by atoms with van der Waals surface area (Å²) in [6.07, 6.45) is 1.02. The molecule has 2 N–H and O–H groups in total. The molecule has 126 valence electrons. The molecular formula is C19H28N2O2. The number of para-hydroxylation sites is 1. The fourth-order valence-corrected chi connectivity index (χ4v) is 2.95. The predicted molar refractivity (Wildman–Crippen MR) is 94.5 cm³/mol. The van der Waals surface area contributed by atoms with Crippen LogP contribution in [-0.4, -0.2) is 40.6 Å². The van der Waals surface area contributed by atoms with E-state index in [1.54, 1.807) is 0 Å². The molecule has 0 spiro atoms. The van der Waals surface area contributed by atoms with Gasteiger partial charge in [0.2, 0.25) is 5.91 Å². The van der Waals surface area contributed by atoms with Crippen molar-refractivity contribution in [3.63, 3.8) is 0 Å². The molecule has 0 aliphatic rings. The van der Waals surface area contributed by atoms with Crippen LogP contribution in [0.2, 0.25) is 0 Å². The number of rotatable bonds is 6. The van der Waals surface area contributed by atoms with E-state index in [0.717, 1.165) is 22.2 Å². The Kier molecular flexibility index (Phi) is 5.47. The molecule has 1 amide bonds. The van der Waals surface area contributed by atoms with Gasteiger partial charge >= 0.3 is 0 Å². The van der Waals surface area contributed by atoms with Gasteiger partial charge < -0.3 is 15.0 Å². The number of carbonyl (C=O) groups excluding carboxylic acids is 1. The van der Waals surface area contributed by atoms with E-state index in [4.69, 9.17) is 5.11 Å². The Balaban J connectivity index is 2.20. The first kappa shape index (κ1) is 17.5. The Morgan fingerprint density at radius 2 is 1.96 bits per heavy atom. The lowest BCUT2D eigenvalue weighted by atomic mass is 9.95. The molecule has 1 aromatic carbocycles. The third-order valence-corrected chi connectivity index (χ3v) is 3.96. The van der Waals surface area contributed by atoms with E-state index in [1.807, 2.05) is 30.0 Å². The third kappa shape index (κ3) is 4.58. The van der Waals surface area contributed by atoms with Crippen LogP contribution in [0.5, 0.6) is 0 Å². The van der Waals surface area contributed by atoms with Crippen molar-refractivity contribution in [3.05, 3.63) is 35.5 Å². The molecule has 0 aliphatic carbocycles. The number of nitrogens with one attached hydrogen (secondary N) is 1. The Labute approximate surface area is 138 Å². The largest absolute Gasteiger partial charge is 0.396 e. The van der Waals surface area contributed by atoms with Gasteiger partial charge in [0.15, 0.2) is 0 Å². The smallest absolute Gasteiger partial charge is 0.227 e. The molecule has 23 heavy (non-hydrogen) atoms. The van der Waals surface area contributed by atoms with Gasteiger partial charge in [0.25, 0.3) is 0 Å². The SMILES string of the molecule is Cc1[nH]c2ccccc2c1CC(=O)N(CCCO)CC(C)(C)C. The van der Waals surface area contributed by atoms with Gasteiger partial charge in [0.05, 0.1) is 6.42 Å². The Hall–Kier alpha value is -1.81. The number of aromatic amines is 1. The second kappa shape index (κ2) is 7.18. The number of aryl methyl sites for hydroxylation is 1. The first-order chi connectivity index (χ1) is 10.8. The Morgan fingerprint density at radius 1 is 1.26 bits per heavy atom. The summed E-state index contributed by atoms with van der Waals surface area (Å²) < 4.78 is 0. The minimum atomic E-state index is 0.0420. The molecule has 0 unspecified atom stereocenters. The van der Waals surface area contributed by atoms with Crippen molar-refractivity contribution in [1.29, 1.82) is 0 Å². The summed E-state index contributed by atoms with van der Waals surface area (Å²) >= 11 is 0. The maximum absolute atomic E-state index is 12.8. The summed E-state index contributed by atoms with van der Waals surface area (Å²) in [4.78, 5) is 18.1. The number of hydrogen-bond acceptors (Lipinski definition) is 2. The minimum Gasteiger partial charge on any atom is -0.396 e. The van der Waals surface area contributed by atoms with Crippen LogP contribution in [0.4, 0.5) is 0 Å². The fraction of sp³-hybridized carbons (Fsp3) is 0.526. The quantitative estimate of drug-likeness (QED) is 0.859. The normalized spacial score (nSPS) is 11.9. The number of fused-ring (bicyclic) bond motifs is 1. The van der Waals surface area contributed by atoms with Crippen molar-refractivity contribution >= 4 is 16.8 Å². The highest BCUT2D eigenvalue weighted by Gasteiger charge is 2.22. The van der Waals surface area contributed by atoms with Gasteiger partial charge in [-0.1, -0.05) is 39.0 Å². The average Bonchev–Trinajstić information content (AvgIpc) is 2.78. The number of aliphatic hydroxyl groups excluding tert-OH is 1. The Morgan fingerprint density at radius 3 is 2.61 bits per heavy atom. The monoisotopic (exact) mass is 316 g/mol. The van der Waals surface area contributed by atoms with Crippen molar-refractivity contribution in [1.82, 2.24) is 9.88 Å². The van der Waals surface area contributed by atoms with Crippen LogP contribution in [0.15, 0.2) is 24.3 Å². The number of aromatic nitrogens is 1. The molecule has 0 aliphatic heterocycles. The fourth-order valence-electron chi connectivity index (χ4n) is 2.95. The minimum absolute atomic E-state index is 0.0420. The van der Waals surface area contributed by atoms with Gasteiger partial charge in [-0.05, 0) is 30.4 Å². The van der Waals surface area contributed by atoms with Gasteiger partial charge in [0.1, 0.15) is 0 Å². The summed E-state index contributed by atoms with van der Waals surface area (Å²) in [5.74, 6) is 0.126. The van der Waals surface area contributed by atoms with E-state index in [-0.39, 0.29) is 17.9 Å². The van der Waals surface area contributed by atoms with Gasteiger partial charge in [-0.15, -0.1) is 0 Å². The number of benzene rings is 1. The maximum Gasteiger partial charge on any atom is 0.227 e. The van der Waals surface area contributed by atoms with E-state index in [0.29, 0.717) is 25.9 Å². The van der Waals surface area contributed by atoms with Gasteiger partial charge in [-0.3, -0.25) is 4.79 Å². The molecule has 0 radical (unpaired) electrons. The number of amides is 1.